The summed E-state index contributed by atoms with van der Waals surface area (Å²) in [5.74, 6) is 1.19. The molecule has 2 aromatic carbocycles. The fourth-order valence-corrected chi connectivity index (χ4v) is 2.96. The van der Waals surface area contributed by atoms with Gasteiger partial charge in [-0.15, -0.1) is 0 Å². The van der Waals surface area contributed by atoms with Gasteiger partial charge < -0.3 is 10.6 Å². The van der Waals surface area contributed by atoms with Crippen LogP contribution in [0.25, 0.3) is 11.0 Å². The van der Waals surface area contributed by atoms with E-state index in [4.69, 9.17) is 11.6 Å². The van der Waals surface area contributed by atoms with Crippen LogP contribution < -0.4 is 10.6 Å². The minimum absolute atomic E-state index is 0.487. The van der Waals surface area contributed by atoms with Gasteiger partial charge in [0.15, 0.2) is 5.65 Å². The van der Waals surface area contributed by atoms with Gasteiger partial charge in [-0.3, -0.25) is 4.68 Å². The molecular weight excluding hydrogens is 360 g/mol. The first kappa shape index (κ1) is 17.3. The molecule has 7 heteroatoms. The van der Waals surface area contributed by atoms with Crippen LogP contribution in [0.1, 0.15) is 11.1 Å². The highest BCUT2D eigenvalue weighted by Crippen LogP contribution is 2.28. The lowest BCUT2D eigenvalue weighted by molar-refractivity contribution is 0.786. The molecule has 27 heavy (non-hydrogen) atoms. The van der Waals surface area contributed by atoms with Gasteiger partial charge in [0, 0.05) is 23.4 Å². The molecule has 2 N–H and O–H groups in total. The van der Waals surface area contributed by atoms with E-state index < -0.39 is 0 Å². The summed E-state index contributed by atoms with van der Waals surface area (Å²) in [7, 11) is 1.86. The van der Waals surface area contributed by atoms with E-state index in [9.17, 15) is 0 Å². The molecule has 0 aliphatic carbocycles. The first-order chi connectivity index (χ1) is 13.0. The lowest BCUT2D eigenvalue weighted by atomic mass is 10.1. The third-order valence-electron chi connectivity index (χ3n) is 4.34. The summed E-state index contributed by atoms with van der Waals surface area (Å²) >= 11 is 5.96. The number of anilines is 4. The lowest BCUT2D eigenvalue weighted by Crippen LogP contribution is -2.04. The number of aryl methyl sites for hydroxylation is 3. The Balaban J connectivity index is 1.76. The van der Waals surface area contributed by atoms with E-state index in [1.807, 2.05) is 31.3 Å². The molecule has 0 bridgehead atoms. The van der Waals surface area contributed by atoms with Crippen LogP contribution in [-0.2, 0) is 7.05 Å². The van der Waals surface area contributed by atoms with Crippen LogP contribution in [0.5, 0.6) is 0 Å². The summed E-state index contributed by atoms with van der Waals surface area (Å²) in [6.07, 6.45) is 1.77. The second-order valence-corrected chi connectivity index (χ2v) is 6.91. The number of aromatic nitrogens is 4. The van der Waals surface area contributed by atoms with Crippen LogP contribution in [0.3, 0.4) is 0 Å². The van der Waals surface area contributed by atoms with E-state index in [1.165, 1.54) is 5.56 Å². The van der Waals surface area contributed by atoms with Gasteiger partial charge in [0.05, 0.1) is 11.6 Å². The SMILES string of the molecule is Cc1ccc(C)c(Nc2nc(Nc3ccc(Cl)cc3)nc3c2cnn3C)c1. The van der Waals surface area contributed by atoms with Crippen molar-refractivity contribution in [3.63, 3.8) is 0 Å². The van der Waals surface area contributed by atoms with E-state index in [1.54, 1.807) is 10.9 Å². The largest absolute Gasteiger partial charge is 0.339 e. The molecular formula is C20H19ClN6. The predicted molar refractivity (Wildman–Crippen MR) is 110 cm³/mol. The Morgan fingerprint density at radius 3 is 2.52 bits per heavy atom. The zero-order valence-electron chi connectivity index (χ0n) is 15.3. The Kier molecular flexibility index (Phi) is 4.41. The van der Waals surface area contributed by atoms with E-state index in [0.717, 1.165) is 28.0 Å². The topological polar surface area (TPSA) is 67.7 Å². The molecule has 0 spiro atoms. The minimum atomic E-state index is 0.487. The van der Waals surface area contributed by atoms with Crippen molar-refractivity contribution in [1.82, 2.24) is 19.7 Å². The summed E-state index contributed by atoms with van der Waals surface area (Å²) in [5, 5.41) is 12.5. The third-order valence-corrected chi connectivity index (χ3v) is 4.59. The monoisotopic (exact) mass is 378 g/mol. The average Bonchev–Trinajstić information content (AvgIpc) is 3.02. The van der Waals surface area contributed by atoms with Gasteiger partial charge in [-0.1, -0.05) is 23.7 Å². The second-order valence-electron chi connectivity index (χ2n) is 6.48. The molecule has 0 saturated carbocycles. The van der Waals surface area contributed by atoms with Crippen molar-refractivity contribution in [2.45, 2.75) is 13.8 Å². The molecule has 0 saturated heterocycles. The van der Waals surface area contributed by atoms with Gasteiger partial charge in [-0.25, -0.2) is 0 Å². The molecule has 0 aliphatic heterocycles. The van der Waals surface area contributed by atoms with Gasteiger partial charge in [0.25, 0.3) is 0 Å². The van der Waals surface area contributed by atoms with Crippen molar-refractivity contribution < 1.29 is 0 Å². The number of hydrogen-bond donors (Lipinski definition) is 2. The van der Waals surface area contributed by atoms with Gasteiger partial charge in [0.1, 0.15) is 5.82 Å². The van der Waals surface area contributed by atoms with Gasteiger partial charge in [-0.05, 0) is 55.3 Å². The molecule has 4 rings (SSSR count). The zero-order valence-corrected chi connectivity index (χ0v) is 16.0. The zero-order chi connectivity index (χ0) is 19.0. The Morgan fingerprint density at radius 1 is 0.963 bits per heavy atom. The van der Waals surface area contributed by atoms with Crippen LogP contribution in [0.15, 0.2) is 48.7 Å². The highest BCUT2D eigenvalue weighted by Gasteiger charge is 2.13. The normalized spacial score (nSPS) is 11.0. The van der Waals surface area contributed by atoms with E-state index in [0.29, 0.717) is 16.8 Å². The van der Waals surface area contributed by atoms with Crippen molar-refractivity contribution >= 4 is 45.8 Å². The van der Waals surface area contributed by atoms with E-state index in [-0.39, 0.29) is 0 Å². The van der Waals surface area contributed by atoms with Crippen molar-refractivity contribution in [1.29, 1.82) is 0 Å². The fraction of sp³-hybridized carbons (Fsp3) is 0.150. The quantitative estimate of drug-likeness (QED) is 0.515. The molecule has 0 unspecified atom stereocenters. The van der Waals surface area contributed by atoms with Gasteiger partial charge in [0.2, 0.25) is 5.95 Å². The fourth-order valence-electron chi connectivity index (χ4n) is 2.83. The van der Waals surface area contributed by atoms with E-state index >= 15 is 0 Å². The number of nitrogens with zero attached hydrogens (tertiary/aromatic N) is 4. The molecule has 2 aromatic heterocycles. The van der Waals surface area contributed by atoms with Crippen molar-refractivity contribution in [2.24, 2.45) is 7.05 Å². The molecule has 0 atom stereocenters. The maximum absolute atomic E-state index is 5.96. The Bertz CT molecular complexity index is 1120. The highest BCUT2D eigenvalue weighted by molar-refractivity contribution is 6.30. The van der Waals surface area contributed by atoms with Gasteiger partial charge >= 0.3 is 0 Å². The Morgan fingerprint density at radius 2 is 1.74 bits per heavy atom. The molecule has 0 amide bonds. The molecule has 4 aromatic rings. The van der Waals surface area contributed by atoms with Crippen LogP contribution in [0, 0.1) is 13.8 Å². The molecule has 136 valence electrons. The second kappa shape index (κ2) is 6.89. The molecule has 2 heterocycles. The first-order valence-electron chi connectivity index (χ1n) is 8.56. The molecule has 0 aliphatic rings. The minimum Gasteiger partial charge on any atom is -0.339 e. The maximum atomic E-state index is 5.96. The number of fused-ring (bicyclic) bond motifs is 1. The van der Waals surface area contributed by atoms with E-state index in [2.05, 4.69) is 57.7 Å². The maximum Gasteiger partial charge on any atom is 0.231 e. The summed E-state index contributed by atoms with van der Waals surface area (Å²) < 4.78 is 1.73. The van der Waals surface area contributed by atoms with Crippen LogP contribution in [-0.4, -0.2) is 19.7 Å². The standard InChI is InChI=1S/C20H19ClN6/c1-12-4-5-13(2)17(10-12)24-18-16-11-22-27(3)19(16)26-20(25-18)23-15-8-6-14(21)7-9-15/h4-11H,1-3H3,(H2,23,24,25,26). The van der Waals surface area contributed by atoms with Crippen molar-refractivity contribution in [3.8, 4) is 0 Å². The smallest absolute Gasteiger partial charge is 0.231 e. The lowest BCUT2D eigenvalue weighted by Gasteiger charge is -2.12. The molecule has 0 fully saturated rings. The van der Waals surface area contributed by atoms with Crippen LogP contribution in [0.4, 0.5) is 23.1 Å². The third kappa shape index (κ3) is 3.57. The summed E-state index contributed by atoms with van der Waals surface area (Å²) in [6.45, 7) is 4.13. The summed E-state index contributed by atoms with van der Waals surface area (Å²) in [6, 6.07) is 13.7. The number of hydrogen-bond acceptors (Lipinski definition) is 5. The summed E-state index contributed by atoms with van der Waals surface area (Å²) in [5.41, 5.74) is 4.94. The Hall–Kier alpha value is -3.12. The Labute approximate surface area is 162 Å². The summed E-state index contributed by atoms with van der Waals surface area (Å²) in [4.78, 5) is 9.28. The predicted octanol–water partition coefficient (Wildman–Crippen LogP) is 5.12. The number of rotatable bonds is 4. The number of benzene rings is 2. The van der Waals surface area contributed by atoms with Gasteiger partial charge in [-0.2, -0.15) is 15.1 Å². The van der Waals surface area contributed by atoms with Crippen molar-refractivity contribution in [3.05, 3.63) is 64.8 Å². The highest BCUT2D eigenvalue weighted by atomic mass is 35.5. The number of nitrogens with one attached hydrogen (secondary N) is 2. The average molecular weight is 379 g/mol. The first-order valence-corrected chi connectivity index (χ1v) is 8.94. The van der Waals surface area contributed by atoms with Crippen molar-refractivity contribution in [2.75, 3.05) is 10.6 Å². The van der Waals surface area contributed by atoms with Crippen LogP contribution in [0.2, 0.25) is 5.02 Å². The molecule has 0 radical (unpaired) electrons. The number of halogens is 1. The van der Waals surface area contributed by atoms with Crippen LogP contribution >= 0.6 is 11.6 Å². The molecule has 6 nitrogen and oxygen atoms in total.